The molecule has 0 aromatic heterocycles. The highest BCUT2D eigenvalue weighted by Crippen LogP contribution is 2.29. The van der Waals surface area contributed by atoms with Crippen molar-refractivity contribution in [3.05, 3.63) is 35.4 Å². The number of likely N-dealkylation sites (N-methyl/N-ethyl adjacent to an activating group) is 1. The van der Waals surface area contributed by atoms with E-state index in [1.165, 1.54) is 19.3 Å². The fourth-order valence-electron chi connectivity index (χ4n) is 4.04. The van der Waals surface area contributed by atoms with Crippen LogP contribution in [-0.2, 0) is 15.1 Å². The van der Waals surface area contributed by atoms with E-state index in [0.29, 0.717) is 12.5 Å². The van der Waals surface area contributed by atoms with Crippen LogP contribution in [0.5, 0.6) is 0 Å². The fraction of sp³-hybridized carbons (Fsp3) is 0.571. The number of nitrogens with one attached hydrogen (secondary N) is 1. The molecule has 1 aliphatic heterocycles. The lowest BCUT2D eigenvalue weighted by Gasteiger charge is -2.28. The van der Waals surface area contributed by atoms with Crippen molar-refractivity contribution in [2.75, 3.05) is 20.1 Å². The second-order valence-corrected chi connectivity index (χ2v) is 8.09. The Kier molecular flexibility index (Phi) is 5.53. The van der Waals surface area contributed by atoms with E-state index in [2.05, 4.69) is 5.32 Å². The second-order valence-electron chi connectivity index (χ2n) is 8.09. The van der Waals surface area contributed by atoms with E-state index in [1.807, 2.05) is 31.2 Å². The Hall–Kier alpha value is -2.37. The zero-order valence-corrected chi connectivity index (χ0v) is 16.5. The molecule has 6 heteroatoms. The summed E-state index contributed by atoms with van der Waals surface area (Å²) < 4.78 is 0. The number of carbonyl (C=O) groups excluding carboxylic acids is 3. The van der Waals surface area contributed by atoms with Gasteiger partial charge < -0.3 is 10.2 Å². The van der Waals surface area contributed by atoms with Gasteiger partial charge in [0, 0.05) is 13.6 Å². The van der Waals surface area contributed by atoms with Gasteiger partial charge in [-0.25, -0.2) is 4.79 Å². The second kappa shape index (κ2) is 7.71. The van der Waals surface area contributed by atoms with Gasteiger partial charge in [0.25, 0.3) is 5.91 Å². The largest absolute Gasteiger partial charge is 0.344 e. The molecule has 1 N–H and O–H groups in total. The highest BCUT2D eigenvalue weighted by Gasteiger charge is 2.49. The molecule has 6 nitrogen and oxygen atoms in total. The molecule has 0 spiro atoms. The third-order valence-electron chi connectivity index (χ3n) is 5.88. The number of hydrogen-bond acceptors (Lipinski definition) is 3. The third-order valence-corrected chi connectivity index (χ3v) is 5.88. The average molecular weight is 371 g/mol. The molecule has 146 valence electrons. The molecule has 1 unspecified atom stereocenters. The van der Waals surface area contributed by atoms with Crippen LogP contribution in [0, 0.1) is 12.8 Å². The first-order valence-electron chi connectivity index (χ1n) is 9.76. The van der Waals surface area contributed by atoms with Gasteiger partial charge in [0.15, 0.2) is 0 Å². The summed E-state index contributed by atoms with van der Waals surface area (Å²) in [6.45, 7) is 4.13. The van der Waals surface area contributed by atoms with Crippen LogP contribution in [-0.4, -0.2) is 47.8 Å². The van der Waals surface area contributed by atoms with Gasteiger partial charge in [0.2, 0.25) is 5.91 Å². The Morgan fingerprint density at radius 1 is 1.19 bits per heavy atom. The molecule has 1 saturated carbocycles. The summed E-state index contributed by atoms with van der Waals surface area (Å²) in [6.07, 6.45) is 6.00. The van der Waals surface area contributed by atoms with Gasteiger partial charge in [-0.1, -0.05) is 49.1 Å². The Bertz CT molecular complexity index is 725. The zero-order chi connectivity index (χ0) is 19.6. The summed E-state index contributed by atoms with van der Waals surface area (Å²) in [6, 6.07) is 6.99. The van der Waals surface area contributed by atoms with E-state index in [1.54, 1.807) is 18.9 Å². The van der Waals surface area contributed by atoms with Crippen LogP contribution in [0.15, 0.2) is 24.3 Å². The molecule has 1 saturated heterocycles. The summed E-state index contributed by atoms with van der Waals surface area (Å²) in [4.78, 5) is 40.7. The molecule has 3 rings (SSSR count). The summed E-state index contributed by atoms with van der Waals surface area (Å²) >= 11 is 0. The van der Waals surface area contributed by atoms with E-state index in [-0.39, 0.29) is 18.4 Å². The Balaban J connectivity index is 1.66. The van der Waals surface area contributed by atoms with Crippen molar-refractivity contribution in [3.63, 3.8) is 0 Å². The van der Waals surface area contributed by atoms with Crippen molar-refractivity contribution in [1.82, 2.24) is 15.1 Å². The van der Waals surface area contributed by atoms with Gasteiger partial charge in [-0.3, -0.25) is 14.5 Å². The van der Waals surface area contributed by atoms with E-state index in [9.17, 15) is 14.4 Å². The predicted molar refractivity (Wildman–Crippen MR) is 103 cm³/mol. The molecule has 0 radical (unpaired) electrons. The number of aryl methyl sites for hydroxylation is 1. The lowest BCUT2D eigenvalue weighted by Crippen LogP contribution is -2.44. The van der Waals surface area contributed by atoms with E-state index >= 15 is 0 Å². The van der Waals surface area contributed by atoms with Crippen LogP contribution in [0.3, 0.4) is 0 Å². The molecule has 1 atom stereocenters. The van der Waals surface area contributed by atoms with Crippen LogP contribution in [0.2, 0.25) is 0 Å². The maximum atomic E-state index is 12.9. The van der Waals surface area contributed by atoms with Crippen LogP contribution >= 0.6 is 0 Å². The topological polar surface area (TPSA) is 69.7 Å². The number of carbonyl (C=O) groups is 3. The molecule has 27 heavy (non-hydrogen) atoms. The van der Waals surface area contributed by atoms with Crippen molar-refractivity contribution in [3.8, 4) is 0 Å². The van der Waals surface area contributed by atoms with Crippen LogP contribution in [0.1, 0.15) is 50.2 Å². The average Bonchev–Trinajstić information content (AvgIpc) is 2.87. The third kappa shape index (κ3) is 3.99. The molecule has 1 aromatic rings. The molecular formula is C21H29N3O3. The van der Waals surface area contributed by atoms with Crippen molar-refractivity contribution in [2.45, 2.75) is 51.5 Å². The molecule has 2 fully saturated rings. The molecule has 0 bridgehead atoms. The van der Waals surface area contributed by atoms with Crippen molar-refractivity contribution >= 4 is 17.8 Å². The standard InChI is InChI=1S/C21H29N3O3/c1-15-9-11-17(12-10-15)21(2)19(26)24(20(27)22-21)14-18(25)23(3)13-16-7-5-4-6-8-16/h9-12,16H,4-8,13-14H2,1-3H3,(H,22,27). The van der Waals surface area contributed by atoms with Crippen molar-refractivity contribution < 1.29 is 14.4 Å². The zero-order valence-electron chi connectivity index (χ0n) is 16.5. The molecule has 1 heterocycles. The first-order valence-corrected chi connectivity index (χ1v) is 9.76. The maximum absolute atomic E-state index is 12.9. The normalized spacial score (nSPS) is 23.4. The smallest absolute Gasteiger partial charge is 0.325 e. The van der Waals surface area contributed by atoms with Crippen molar-refractivity contribution in [2.24, 2.45) is 5.92 Å². The number of hydrogen-bond donors (Lipinski definition) is 1. The van der Waals surface area contributed by atoms with Gasteiger partial charge in [0.05, 0.1) is 0 Å². The van der Waals surface area contributed by atoms with Gasteiger partial charge in [-0.15, -0.1) is 0 Å². The minimum absolute atomic E-state index is 0.197. The SMILES string of the molecule is Cc1ccc(C2(C)NC(=O)N(CC(=O)N(C)CC3CCCCC3)C2=O)cc1. The highest BCUT2D eigenvalue weighted by atomic mass is 16.2. The quantitative estimate of drug-likeness (QED) is 0.809. The minimum Gasteiger partial charge on any atom is -0.344 e. The van der Waals surface area contributed by atoms with Crippen LogP contribution in [0.4, 0.5) is 4.79 Å². The summed E-state index contributed by atoms with van der Waals surface area (Å²) in [5.41, 5.74) is 0.667. The number of imide groups is 1. The predicted octanol–water partition coefficient (Wildman–Crippen LogP) is 2.80. The van der Waals surface area contributed by atoms with Crippen molar-refractivity contribution in [1.29, 1.82) is 0 Å². The first-order chi connectivity index (χ1) is 12.8. The number of rotatable bonds is 5. The fourth-order valence-corrected chi connectivity index (χ4v) is 4.04. The van der Waals surface area contributed by atoms with Crippen LogP contribution in [0.25, 0.3) is 0 Å². The van der Waals surface area contributed by atoms with E-state index < -0.39 is 11.6 Å². The number of nitrogens with zero attached hydrogens (tertiary/aromatic N) is 2. The van der Waals surface area contributed by atoms with Gasteiger partial charge in [-0.2, -0.15) is 0 Å². The maximum Gasteiger partial charge on any atom is 0.325 e. The monoisotopic (exact) mass is 371 g/mol. The molecule has 1 aliphatic carbocycles. The number of benzene rings is 1. The molecule has 4 amide bonds. The molecule has 1 aromatic carbocycles. The Labute approximate surface area is 160 Å². The van der Waals surface area contributed by atoms with Gasteiger partial charge >= 0.3 is 6.03 Å². The Morgan fingerprint density at radius 3 is 2.44 bits per heavy atom. The summed E-state index contributed by atoms with van der Waals surface area (Å²) in [7, 11) is 1.76. The number of amides is 4. The summed E-state index contributed by atoms with van der Waals surface area (Å²) in [5.74, 6) is -0.0540. The summed E-state index contributed by atoms with van der Waals surface area (Å²) in [5, 5.41) is 2.76. The van der Waals surface area contributed by atoms with E-state index in [4.69, 9.17) is 0 Å². The molecule has 2 aliphatic rings. The van der Waals surface area contributed by atoms with Gasteiger partial charge in [-0.05, 0) is 38.2 Å². The molecular weight excluding hydrogens is 342 g/mol. The lowest BCUT2D eigenvalue weighted by atomic mass is 9.89. The van der Waals surface area contributed by atoms with Crippen LogP contribution < -0.4 is 5.32 Å². The Morgan fingerprint density at radius 2 is 1.81 bits per heavy atom. The highest BCUT2D eigenvalue weighted by molar-refractivity contribution is 6.09. The minimum atomic E-state index is -1.13. The van der Waals surface area contributed by atoms with E-state index in [0.717, 1.165) is 28.9 Å². The van der Waals surface area contributed by atoms with Gasteiger partial charge in [0.1, 0.15) is 12.1 Å². The first kappa shape index (κ1) is 19.4. The number of urea groups is 1. The lowest BCUT2D eigenvalue weighted by molar-refractivity contribution is -0.138.